The van der Waals surface area contributed by atoms with Gasteiger partial charge in [0.2, 0.25) is 5.91 Å². The van der Waals surface area contributed by atoms with Gasteiger partial charge in [-0.2, -0.15) is 0 Å². The number of hydrogen-bond donors (Lipinski definition) is 1. The van der Waals surface area contributed by atoms with Crippen molar-refractivity contribution < 1.29 is 19.1 Å². The van der Waals surface area contributed by atoms with E-state index < -0.39 is 6.04 Å². The van der Waals surface area contributed by atoms with Crippen LogP contribution in [0.25, 0.3) is 0 Å². The van der Waals surface area contributed by atoms with E-state index in [9.17, 15) is 9.59 Å². The number of ether oxygens (including phenoxy) is 2. The molecule has 6 heteroatoms. The third-order valence-corrected chi connectivity index (χ3v) is 4.58. The Morgan fingerprint density at radius 2 is 1.89 bits per heavy atom. The highest BCUT2D eigenvalue weighted by Gasteiger charge is 2.26. The first kappa shape index (κ1) is 21.3. The number of methoxy groups -OCH3 is 1. The number of likely N-dealkylation sites (N-methyl/N-ethyl adjacent to an activating group) is 1. The first-order chi connectivity index (χ1) is 13.3. The summed E-state index contributed by atoms with van der Waals surface area (Å²) in [5, 5.41) is 2.60. The zero-order valence-electron chi connectivity index (χ0n) is 17.1. The summed E-state index contributed by atoms with van der Waals surface area (Å²) in [6.45, 7) is 5.78. The highest BCUT2D eigenvalue weighted by atomic mass is 16.5. The molecule has 1 atom stereocenters. The molecule has 0 aliphatic rings. The van der Waals surface area contributed by atoms with Gasteiger partial charge in [0.05, 0.1) is 7.11 Å². The molecule has 0 saturated heterocycles. The van der Waals surface area contributed by atoms with Gasteiger partial charge in [-0.25, -0.2) is 0 Å². The van der Waals surface area contributed by atoms with Gasteiger partial charge < -0.3 is 19.7 Å². The van der Waals surface area contributed by atoms with Gasteiger partial charge >= 0.3 is 0 Å². The molecule has 2 aromatic carbocycles. The maximum absolute atomic E-state index is 12.9. The SMILES string of the molecule is CNC(=O)[C@H](C)N(Cc1cccc(OC)c1)C(=O)COc1ccc(C)cc1C. The first-order valence-corrected chi connectivity index (χ1v) is 9.19. The summed E-state index contributed by atoms with van der Waals surface area (Å²) < 4.78 is 11.0. The maximum Gasteiger partial charge on any atom is 0.261 e. The Hall–Kier alpha value is -3.02. The van der Waals surface area contributed by atoms with Crippen LogP contribution in [0.2, 0.25) is 0 Å². The van der Waals surface area contributed by atoms with Crippen LogP contribution in [0.5, 0.6) is 11.5 Å². The van der Waals surface area contributed by atoms with Crippen molar-refractivity contribution in [2.24, 2.45) is 0 Å². The lowest BCUT2D eigenvalue weighted by molar-refractivity contribution is -0.142. The minimum absolute atomic E-state index is 0.144. The van der Waals surface area contributed by atoms with Crippen LogP contribution >= 0.6 is 0 Å². The Morgan fingerprint density at radius 1 is 1.14 bits per heavy atom. The monoisotopic (exact) mass is 384 g/mol. The van der Waals surface area contributed by atoms with Crippen LogP contribution in [0, 0.1) is 13.8 Å². The fourth-order valence-corrected chi connectivity index (χ4v) is 2.94. The van der Waals surface area contributed by atoms with Crippen molar-refractivity contribution in [3.05, 3.63) is 59.2 Å². The van der Waals surface area contributed by atoms with E-state index in [1.54, 1.807) is 21.1 Å². The molecule has 0 fully saturated rings. The average Bonchev–Trinajstić information content (AvgIpc) is 2.70. The molecular formula is C22H28N2O4. The second kappa shape index (κ2) is 9.78. The number of nitrogens with zero attached hydrogens (tertiary/aromatic N) is 1. The molecule has 0 aliphatic carbocycles. The molecule has 0 heterocycles. The number of carbonyl (C=O) groups excluding carboxylic acids is 2. The fraction of sp³-hybridized carbons (Fsp3) is 0.364. The van der Waals surface area contributed by atoms with Gasteiger partial charge in [0.1, 0.15) is 17.5 Å². The lowest BCUT2D eigenvalue weighted by atomic mass is 10.1. The van der Waals surface area contributed by atoms with Crippen LogP contribution in [-0.2, 0) is 16.1 Å². The zero-order chi connectivity index (χ0) is 20.7. The van der Waals surface area contributed by atoms with Crippen LogP contribution in [0.3, 0.4) is 0 Å². The predicted octanol–water partition coefficient (Wildman–Crippen LogP) is 2.85. The van der Waals surface area contributed by atoms with Crippen molar-refractivity contribution in [3.8, 4) is 11.5 Å². The third kappa shape index (κ3) is 5.49. The van der Waals surface area contributed by atoms with E-state index in [-0.39, 0.29) is 25.0 Å². The quantitative estimate of drug-likeness (QED) is 0.760. The van der Waals surface area contributed by atoms with Gasteiger partial charge in [-0.15, -0.1) is 0 Å². The molecular weight excluding hydrogens is 356 g/mol. The molecule has 2 aromatic rings. The Kier molecular flexibility index (Phi) is 7.44. The number of benzene rings is 2. The van der Waals surface area contributed by atoms with E-state index in [4.69, 9.17) is 9.47 Å². The molecule has 6 nitrogen and oxygen atoms in total. The summed E-state index contributed by atoms with van der Waals surface area (Å²) in [7, 11) is 3.14. The lowest BCUT2D eigenvalue weighted by Crippen LogP contribution is -2.48. The second-order valence-electron chi connectivity index (χ2n) is 6.72. The van der Waals surface area contributed by atoms with Crippen LogP contribution in [0.1, 0.15) is 23.6 Å². The smallest absolute Gasteiger partial charge is 0.261 e. The molecule has 1 N–H and O–H groups in total. The number of rotatable bonds is 8. The summed E-state index contributed by atoms with van der Waals surface area (Å²) in [6.07, 6.45) is 0. The van der Waals surface area contributed by atoms with E-state index in [0.717, 1.165) is 16.7 Å². The molecule has 2 rings (SSSR count). The van der Waals surface area contributed by atoms with Gasteiger partial charge in [-0.1, -0.05) is 29.8 Å². The standard InChI is InChI=1S/C22H28N2O4/c1-15-9-10-20(16(2)11-15)28-14-21(25)24(17(3)22(26)23-4)13-18-7-6-8-19(12-18)27-5/h6-12,17H,13-14H2,1-5H3,(H,23,26)/t17-/m0/s1. The zero-order valence-corrected chi connectivity index (χ0v) is 17.1. The van der Waals surface area contributed by atoms with Crippen molar-refractivity contribution in [1.29, 1.82) is 0 Å². The van der Waals surface area contributed by atoms with Crippen molar-refractivity contribution in [3.63, 3.8) is 0 Å². The summed E-state index contributed by atoms with van der Waals surface area (Å²) in [5.41, 5.74) is 2.96. The van der Waals surface area contributed by atoms with Gasteiger partial charge in [0.15, 0.2) is 6.61 Å². The molecule has 0 saturated carbocycles. The Labute approximate surface area is 166 Å². The molecule has 0 radical (unpaired) electrons. The number of carbonyl (C=O) groups is 2. The van der Waals surface area contributed by atoms with E-state index >= 15 is 0 Å². The summed E-state index contributed by atoms with van der Waals surface area (Å²) in [6, 6.07) is 12.6. The molecule has 150 valence electrons. The topological polar surface area (TPSA) is 67.9 Å². The van der Waals surface area contributed by atoms with Gasteiger partial charge in [0.25, 0.3) is 5.91 Å². The maximum atomic E-state index is 12.9. The normalized spacial score (nSPS) is 11.5. The van der Waals surface area contributed by atoms with E-state index in [1.165, 1.54) is 4.90 Å². The number of nitrogens with one attached hydrogen (secondary N) is 1. The van der Waals surface area contributed by atoms with Gasteiger partial charge in [-0.05, 0) is 50.1 Å². The van der Waals surface area contributed by atoms with Crippen molar-refractivity contribution in [1.82, 2.24) is 10.2 Å². The summed E-state index contributed by atoms with van der Waals surface area (Å²) >= 11 is 0. The van der Waals surface area contributed by atoms with E-state index in [2.05, 4.69) is 5.32 Å². The van der Waals surface area contributed by atoms with E-state index in [0.29, 0.717) is 11.5 Å². The fourth-order valence-electron chi connectivity index (χ4n) is 2.94. The Balaban J connectivity index is 2.17. The minimum atomic E-state index is -0.633. The van der Waals surface area contributed by atoms with Gasteiger partial charge in [-0.3, -0.25) is 9.59 Å². The average molecular weight is 384 g/mol. The molecule has 0 unspecified atom stereocenters. The molecule has 0 bridgehead atoms. The summed E-state index contributed by atoms with van der Waals surface area (Å²) in [5.74, 6) is 0.860. The van der Waals surface area contributed by atoms with Crippen LogP contribution in [0.15, 0.2) is 42.5 Å². The Bertz CT molecular complexity index is 835. The largest absolute Gasteiger partial charge is 0.497 e. The van der Waals surface area contributed by atoms with Crippen molar-refractivity contribution in [2.45, 2.75) is 33.4 Å². The second-order valence-corrected chi connectivity index (χ2v) is 6.72. The predicted molar refractivity (Wildman–Crippen MR) is 108 cm³/mol. The van der Waals surface area contributed by atoms with Crippen molar-refractivity contribution in [2.75, 3.05) is 20.8 Å². The minimum Gasteiger partial charge on any atom is -0.497 e. The van der Waals surface area contributed by atoms with E-state index in [1.807, 2.05) is 56.3 Å². The number of amides is 2. The number of hydrogen-bond acceptors (Lipinski definition) is 4. The third-order valence-electron chi connectivity index (χ3n) is 4.58. The molecule has 0 aromatic heterocycles. The highest BCUT2D eigenvalue weighted by molar-refractivity contribution is 5.87. The first-order valence-electron chi connectivity index (χ1n) is 9.19. The van der Waals surface area contributed by atoms with Crippen molar-refractivity contribution >= 4 is 11.8 Å². The van der Waals surface area contributed by atoms with Crippen LogP contribution < -0.4 is 14.8 Å². The van der Waals surface area contributed by atoms with Gasteiger partial charge in [0, 0.05) is 13.6 Å². The molecule has 0 aliphatic heterocycles. The molecule has 0 spiro atoms. The Morgan fingerprint density at radius 3 is 2.54 bits per heavy atom. The van der Waals surface area contributed by atoms with Crippen LogP contribution in [-0.4, -0.2) is 43.5 Å². The number of aryl methyl sites for hydroxylation is 2. The van der Waals surface area contributed by atoms with Crippen LogP contribution in [0.4, 0.5) is 0 Å². The summed E-state index contributed by atoms with van der Waals surface area (Å²) in [4.78, 5) is 26.6. The highest BCUT2D eigenvalue weighted by Crippen LogP contribution is 2.20. The molecule has 28 heavy (non-hydrogen) atoms. The lowest BCUT2D eigenvalue weighted by Gasteiger charge is -2.28. The molecule has 2 amide bonds.